The Morgan fingerprint density at radius 1 is 1.03 bits per heavy atom. The molecule has 0 amide bonds. The Labute approximate surface area is 184 Å². The van der Waals surface area contributed by atoms with Crippen LogP contribution >= 0.6 is 0 Å². The van der Waals surface area contributed by atoms with E-state index >= 15 is 0 Å². The van der Waals surface area contributed by atoms with Crippen LogP contribution in [0.25, 0.3) is 22.0 Å². The summed E-state index contributed by atoms with van der Waals surface area (Å²) in [5.74, 6) is 4.55. The van der Waals surface area contributed by atoms with Crippen molar-refractivity contribution in [1.29, 1.82) is 0 Å². The number of sulfonamides is 1. The number of nitrogens with two attached hydrogens (primary N) is 5. The summed E-state index contributed by atoms with van der Waals surface area (Å²) in [5.41, 5.74) is 20.0. The minimum atomic E-state index is -4.62. The number of para-hydroxylation sites is 1. The number of anilines is 1. The van der Waals surface area contributed by atoms with Crippen molar-refractivity contribution < 1.29 is 16.8 Å². The largest absolute Gasteiger partial charge is 0.384 e. The van der Waals surface area contributed by atoms with Crippen molar-refractivity contribution in [2.24, 2.45) is 27.6 Å². The van der Waals surface area contributed by atoms with Crippen LogP contribution in [-0.4, -0.2) is 40.0 Å². The Kier molecular flexibility index (Phi) is 6.34. The van der Waals surface area contributed by atoms with E-state index in [1.54, 1.807) is 30.3 Å². The number of hydrogen-bond acceptors (Lipinski definition) is 10. The first-order valence-electron chi connectivity index (χ1n) is 9.08. The van der Waals surface area contributed by atoms with E-state index in [0.717, 1.165) is 6.07 Å². The van der Waals surface area contributed by atoms with E-state index < -0.39 is 41.2 Å². The van der Waals surface area contributed by atoms with Gasteiger partial charge in [0.1, 0.15) is 10.7 Å². The molecule has 3 rings (SSSR count). The van der Waals surface area contributed by atoms with Crippen LogP contribution in [0.1, 0.15) is 5.56 Å². The van der Waals surface area contributed by atoms with Crippen molar-refractivity contribution in [2.45, 2.75) is 9.79 Å². The smallest absolute Gasteiger partial charge is 0.240 e. The Morgan fingerprint density at radius 2 is 1.75 bits per heavy atom. The lowest BCUT2D eigenvalue weighted by Gasteiger charge is -2.18. The van der Waals surface area contributed by atoms with Crippen molar-refractivity contribution in [2.75, 3.05) is 18.0 Å². The maximum Gasteiger partial charge on any atom is 0.240 e. The molecule has 0 fully saturated rings. The zero-order chi connectivity index (χ0) is 23.7. The van der Waals surface area contributed by atoms with Gasteiger partial charge in [0.05, 0.1) is 16.2 Å². The molecule has 1 aromatic heterocycles. The second-order valence-electron chi connectivity index (χ2n) is 6.71. The highest BCUT2D eigenvalue weighted by molar-refractivity contribution is 7.93. The molecule has 0 radical (unpaired) electrons. The Balaban J connectivity index is 2.55. The van der Waals surface area contributed by atoms with Crippen molar-refractivity contribution in [1.82, 2.24) is 10.5 Å². The number of nitrogen functional groups attached to an aromatic ring is 1. The summed E-state index contributed by atoms with van der Waals surface area (Å²) < 4.78 is 50.8. The number of hydrogen-bond donors (Lipinski definition) is 6. The predicted molar refractivity (Wildman–Crippen MR) is 122 cm³/mol. The fraction of sp³-hybridized carbons (Fsp3) is 0.111. The maximum atomic E-state index is 12.8. The molecule has 0 saturated carbocycles. The monoisotopic (exact) mass is 478 g/mol. The molecule has 0 aliphatic carbocycles. The molecule has 3 aromatic rings. The molecule has 0 bridgehead atoms. The number of aromatic nitrogens is 1. The molecule has 14 heteroatoms. The van der Waals surface area contributed by atoms with Gasteiger partial charge in [-0.15, -0.1) is 5.10 Å². The van der Waals surface area contributed by atoms with E-state index in [1.165, 1.54) is 6.07 Å². The van der Waals surface area contributed by atoms with Crippen LogP contribution in [0.4, 0.5) is 5.82 Å². The zero-order valence-electron chi connectivity index (χ0n) is 16.7. The minimum Gasteiger partial charge on any atom is -0.384 e. The third-order valence-corrected chi connectivity index (χ3v) is 7.51. The number of benzene rings is 2. The third-order valence-electron chi connectivity index (χ3n) is 4.60. The van der Waals surface area contributed by atoms with Crippen molar-refractivity contribution in [3.8, 4) is 11.1 Å². The van der Waals surface area contributed by atoms with E-state index in [-0.39, 0.29) is 23.5 Å². The number of hydrazine groups is 1. The van der Waals surface area contributed by atoms with E-state index in [4.69, 9.17) is 28.2 Å². The molecule has 12 nitrogen and oxygen atoms in total. The summed E-state index contributed by atoms with van der Waals surface area (Å²) >= 11 is 0. The molecular weight excluding hydrogens is 456 g/mol. The van der Waals surface area contributed by atoms with Gasteiger partial charge in [0.2, 0.25) is 10.0 Å². The van der Waals surface area contributed by atoms with Crippen LogP contribution in [0.15, 0.2) is 57.4 Å². The molecule has 0 atom stereocenters. The van der Waals surface area contributed by atoms with Crippen molar-refractivity contribution >= 4 is 42.4 Å². The summed E-state index contributed by atoms with van der Waals surface area (Å²) in [7, 11) is -8.74. The van der Waals surface area contributed by atoms with E-state index in [9.17, 15) is 16.8 Å². The lowest BCUT2D eigenvalue weighted by atomic mass is 9.96. The summed E-state index contributed by atoms with van der Waals surface area (Å²) in [4.78, 5) is 3.06. The van der Waals surface area contributed by atoms with Gasteiger partial charge in [-0.1, -0.05) is 24.3 Å². The number of fused-ring (bicyclic) bond motifs is 1. The fourth-order valence-electron chi connectivity index (χ4n) is 3.34. The number of nitrogens with zero attached hydrogens (tertiary/aromatic N) is 2. The normalized spacial score (nSPS) is 12.8. The van der Waals surface area contributed by atoms with Gasteiger partial charge in [-0.2, -0.15) is 0 Å². The maximum absolute atomic E-state index is 12.8. The molecule has 0 unspecified atom stereocenters. The van der Waals surface area contributed by atoms with Crippen LogP contribution in [0, 0.1) is 0 Å². The number of sulfone groups is 1. The second kappa shape index (κ2) is 8.68. The molecule has 170 valence electrons. The van der Waals surface area contributed by atoms with Crippen molar-refractivity contribution in [3.05, 3.63) is 48.0 Å². The van der Waals surface area contributed by atoms with Gasteiger partial charge >= 0.3 is 0 Å². The Hall–Kier alpha value is -3.30. The van der Waals surface area contributed by atoms with Crippen molar-refractivity contribution in [3.63, 3.8) is 0 Å². The predicted octanol–water partition coefficient (Wildman–Crippen LogP) is -1.05. The summed E-state index contributed by atoms with van der Waals surface area (Å²) in [6.45, 7) is -0.232. The highest BCUT2D eigenvalue weighted by Gasteiger charge is 2.31. The van der Waals surface area contributed by atoms with E-state index in [1.807, 2.05) is 5.53 Å². The van der Waals surface area contributed by atoms with Gasteiger partial charge in [-0.05, 0) is 23.8 Å². The van der Waals surface area contributed by atoms with Crippen LogP contribution in [0.5, 0.6) is 0 Å². The van der Waals surface area contributed by atoms with Crippen LogP contribution in [0.3, 0.4) is 0 Å². The van der Waals surface area contributed by atoms with Gasteiger partial charge in [-0.25, -0.2) is 38.3 Å². The number of pyridine rings is 1. The summed E-state index contributed by atoms with van der Waals surface area (Å²) in [5, 5.41) is 9.81. The quantitative estimate of drug-likeness (QED) is 0.104. The van der Waals surface area contributed by atoms with E-state index in [0.29, 0.717) is 16.5 Å². The van der Waals surface area contributed by atoms with Crippen LogP contribution in [0.2, 0.25) is 0 Å². The number of rotatable bonds is 7. The SMILES string of the molecule is NCCS(=O)(=O)c1ccc(-c2cccc3ccc(N)nc23)c(/C(N)=N/NN)c1S(N)(=O)=O. The van der Waals surface area contributed by atoms with Gasteiger partial charge in [-0.3, -0.25) is 0 Å². The first-order chi connectivity index (χ1) is 15.0. The third kappa shape index (κ3) is 4.35. The first kappa shape index (κ1) is 23.4. The van der Waals surface area contributed by atoms with Gasteiger partial charge in [0, 0.05) is 23.1 Å². The zero-order valence-corrected chi connectivity index (χ0v) is 18.3. The molecule has 11 N–H and O–H groups in total. The highest BCUT2D eigenvalue weighted by Crippen LogP contribution is 2.36. The molecule has 1 heterocycles. The molecule has 0 aliphatic heterocycles. The van der Waals surface area contributed by atoms with Gasteiger partial charge < -0.3 is 17.2 Å². The lowest BCUT2D eigenvalue weighted by molar-refractivity contribution is 0.583. The Morgan fingerprint density at radius 3 is 2.38 bits per heavy atom. The molecule has 0 saturated heterocycles. The highest BCUT2D eigenvalue weighted by atomic mass is 32.2. The van der Waals surface area contributed by atoms with Crippen LogP contribution in [-0.2, 0) is 19.9 Å². The molecule has 32 heavy (non-hydrogen) atoms. The fourth-order valence-corrected chi connectivity index (χ4v) is 6.11. The number of primary sulfonamides is 1. The molecule has 0 aliphatic rings. The van der Waals surface area contributed by atoms with Gasteiger partial charge in [0.15, 0.2) is 15.7 Å². The average molecular weight is 479 g/mol. The molecule has 0 spiro atoms. The van der Waals surface area contributed by atoms with Crippen LogP contribution < -0.4 is 33.7 Å². The number of nitrogens with one attached hydrogen (secondary N) is 1. The average Bonchev–Trinajstić information content (AvgIpc) is 2.71. The first-order valence-corrected chi connectivity index (χ1v) is 12.3. The minimum absolute atomic E-state index is 0.209. The molecule has 2 aromatic carbocycles. The Bertz CT molecular complexity index is 1440. The second-order valence-corrected chi connectivity index (χ2v) is 10.3. The lowest BCUT2D eigenvalue weighted by Crippen LogP contribution is -2.29. The topological polar surface area (TPSA) is 236 Å². The summed E-state index contributed by atoms with van der Waals surface area (Å²) in [6.07, 6.45) is 0. The number of hydrazone groups is 1. The number of amidine groups is 1. The molecular formula is C18H22N8O4S2. The van der Waals surface area contributed by atoms with Gasteiger partial charge in [0.25, 0.3) is 0 Å². The van der Waals surface area contributed by atoms with E-state index in [2.05, 4.69) is 10.1 Å². The summed E-state index contributed by atoms with van der Waals surface area (Å²) in [6, 6.07) is 11.0. The standard InChI is InChI=1S/C18H22N8O4S2/c19-8-9-31(27,28)13-6-5-11(15(18(21)25-26-22)17(13)32(23,29)30)12-3-1-2-10-4-7-14(20)24-16(10)12/h1-7,26H,8-9,19,22H2,(H2,20,24)(H2,21,25)(H2,23,29,30).